The van der Waals surface area contributed by atoms with Gasteiger partial charge in [-0.2, -0.15) is 5.21 Å². The number of nitrogens with zero attached hydrogens (tertiary/aromatic N) is 5. The van der Waals surface area contributed by atoms with E-state index >= 15 is 0 Å². The molecule has 9 heteroatoms. The van der Waals surface area contributed by atoms with E-state index in [2.05, 4.69) is 20.6 Å². The van der Waals surface area contributed by atoms with E-state index in [0.29, 0.717) is 16.4 Å². The fourth-order valence-electron chi connectivity index (χ4n) is 3.21. The Balaban J connectivity index is 1.85. The Morgan fingerprint density at radius 1 is 1.07 bits per heavy atom. The maximum absolute atomic E-state index is 13.6. The second kappa shape index (κ2) is 6.95. The van der Waals surface area contributed by atoms with Crippen molar-refractivity contribution in [2.24, 2.45) is 0 Å². The van der Waals surface area contributed by atoms with Gasteiger partial charge in [-0.1, -0.05) is 42.5 Å². The normalized spacial score (nSPS) is 11.1. The van der Waals surface area contributed by atoms with Crippen molar-refractivity contribution in [3.8, 4) is 39.7 Å². The van der Waals surface area contributed by atoms with Crippen LogP contribution in [0, 0.1) is 0 Å². The number of thiazole rings is 1. The van der Waals surface area contributed by atoms with Gasteiger partial charge in [0.25, 0.3) is 5.56 Å². The largest absolute Gasteiger partial charge is 0.497 e. The van der Waals surface area contributed by atoms with Gasteiger partial charge in [-0.25, -0.2) is 4.98 Å². The first-order valence-electron chi connectivity index (χ1n) is 8.74. The third-order valence-corrected chi connectivity index (χ3v) is 5.38. The molecule has 2 aromatic carbocycles. The van der Waals surface area contributed by atoms with E-state index in [4.69, 9.17) is 9.72 Å². The van der Waals surface area contributed by atoms with Crippen molar-refractivity contribution in [3.63, 3.8) is 0 Å². The van der Waals surface area contributed by atoms with Crippen LogP contribution < -0.4 is 10.3 Å². The van der Waals surface area contributed by atoms with Crippen LogP contribution in [0.1, 0.15) is 0 Å². The summed E-state index contributed by atoms with van der Waals surface area (Å²) in [5, 5.41) is 16.0. The Morgan fingerprint density at radius 3 is 2.66 bits per heavy atom. The number of fused-ring (bicyclic) bond motifs is 1. The molecule has 0 bridgehead atoms. The molecular formula is C20H14N6O2S. The summed E-state index contributed by atoms with van der Waals surface area (Å²) in [4.78, 5) is 19.0. The summed E-state index contributed by atoms with van der Waals surface area (Å²) in [5.41, 5.74) is 2.94. The second-order valence-corrected chi connectivity index (χ2v) is 7.05. The predicted octanol–water partition coefficient (Wildman–Crippen LogP) is 3.28. The van der Waals surface area contributed by atoms with Crippen molar-refractivity contribution in [1.82, 2.24) is 30.0 Å². The maximum Gasteiger partial charge on any atom is 0.270 e. The minimum Gasteiger partial charge on any atom is -0.497 e. The molecule has 0 amide bonds. The van der Waals surface area contributed by atoms with E-state index in [1.165, 1.54) is 11.3 Å². The molecule has 0 saturated carbocycles. The zero-order valence-corrected chi connectivity index (χ0v) is 16.1. The second-order valence-electron chi connectivity index (χ2n) is 6.21. The molecule has 0 radical (unpaired) electrons. The standard InChI is InChI=1S/C20H14N6O2S/c1-28-14-9-5-8-13(10-14)17-16(18-22-24-25-23-18)19(27)26-15(11-29-20(26)21-17)12-6-3-2-4-7-12/h2-11H,1H3,(H,22,23,24,25). The van der Waals surface area contributed by atoms with Gasteiger partial charge in [-0.05, 0) is 22.9 Å². The molecule has 0 aliphatic carbocycles. The summed E-state index contributed by atoms with van der Waals surface area (Å²) < 4.78 is 6.92. The number of nitrogens with one attached hydrogen (secondary N) is 1. The summed E-state index contributed by atoms with van der Waals surface area (Å²) in [6, 6.07) is 17.1. The van der Waals surface area contributed by atoms with E-state index in [9.17, 15) is 4.79 Å². The third kappa shape index (κ3) is 2.88. The summed E-state index contributed by atoms with van der Waals surface area (Å²) in [6.45, 7) is 0. The molecule has 0 spiro atoms. The lowest BCUT2D eigenvalue weighted by atomic mass is 10.1. The van der Waals surface area contributed by atoms with Gasteiger partial charge >= 0.3 is 0 Å². The molecule has 8 nitrogen and oxygen atoms in total. The average molecular weight is 402 g/mol. The minimum absolute atomic E-state index is 0.194. The van der Waals surface area contributed by atoms with Gasteiger partial charge in [-0.3, -0.25) is 9.20 Å². The summed E-state index contributed by atoms with van der Waals surface area (Å²) in [7, 11) is 1.59. The van der Waals surface area contributed by atoms with Crippen LogP contribution in [0.2, 0.25) is 0 Å². The highest BCUT2D eigenvalue weighted by atomic mass is 32.1. The Morgan fingerprint density at radius 2 is 1.90 bits per heavy atom. The van der Waals surface area contributed by atoms with Crippen molar-refractivity contribution in [1.29, 1.82) is 0 Å². The van der Waals surface area contributed by atoms with Gasteiger partial charge in [0, 0.05) is 10.9 Å². The Hall–Kier alpha value is -3.85. The number of rotatable bonds is 4. The van der Waals surface area contributed by atoms with Gasteiger partial charge in [0.15, 0.2) is 4.96 Å². The molecule has 5 rings (SSSR count). The van der Waals surface area contributed by atoms with E-state index in [1.54, 1.807) is 11.5 Å². The van der Waals surface area contributed by atoms with Crippen LogP contribution >= 0.6 is 11.3 Å². The summed E-state index contributed by atoms with van der Waals surface area (Å²) in [5.74, 6) is 0.861. The lowest BCUT2D eigenvalue weighted by Gasteiger charge is -2.09. The van der Waals surface area contributed by atoms with Gasteiger partial charge < -0.3 is 4.74 Å². The van der Waals surface area contributed by atoms with Gasteiger partial charge in [0.1, 0.15) is 11.3 Å². The molecule has 3 aromatic heterocycles. The Kier molecular flexibility index (Phi) is 4.14. The number of benzene rings is 2. The van der Waals surface area contributed by atoms with Crippen LogP contribution in [0.3, 0.4) is 0 Å². The number of hydrogen-bond donors (Lipinski definition) is 1. The van der Waals surface area contributed by atoms with Crippen LogP contribution in [0.15, 0.2) is 64.8 Å². The van der Waals surface area contributed by atoms with Crippen molar-refractivity contribution >= 4 is 16.3 Å². The molecule has 0 aliphatic rings. The topological polar surface area (TPSA) is 98.1 Å². The van der Waals surface area contributed by atoms with Gasteiger partial charge in [0.05, 0.1) is 18.5 Å². The molecule has 0 aliphatic heterocycles. The molecule has 0 atom stereocenters. The minimum atomic E-state index is -0.255. The fraction of sp³-hybridized carbons (Fsp3) is 0.0500. The van der Waals surface area contributed by atoms with E-state index in [0.717, 1.165) is 16.8 Å². The third-order valence-electron chi connectivity index (χ3n) is 4.55. The molecular weight excluding hydrogens is 388 g/mol. The van der Waals surface area contributed by atoms with Gasteiger partial charge in [-0.15, -0.1) is 21.5 Å². The molecule has 0 unspecified atom stereocenters. The van der Waals surface area contributed by atoms with Crippen LogP contribution in [0.5, 0.6) is 5.75 Å². The fourth-order valence-corrected chi connectivity index (χ4v) is 4.10. The smallest absolute Gasteiger partial charge is 0.270 e. The lowest BCUT2D eigenvalue weighted by molar-refractivity contribution is 0.415. The highest BCUT2D eigenvalue weighted by molar-refractivity contribution is 7.15. The molecule has 29 heavy (non-hydrogen) atoms. The molecule has 142 valence electrons. The van der Waals surface area contributed by atoms with E-state index < -0.39 is 0 Å². The van der Waals surface area contributed by atoms with Crippen LogP contribution in [0.4, 0.5) is 0 Å². The highest BCUT2D eigenvalue weighted by Crippen LogP contribution is 2.31. The van der Waals surface area contributed by atoms with Crippen LogP contribution in [-0.4, -0.2) is 37.1 Å². The zero-order valence-electron chi connectivity index (χ0n) is 15.2. The molecule has 5 aromatic rings. The van der Waals surface area contributed by atoms with Crippen molar-refractivity contribution in [3.05, 3.63) is 70.3 Å². The Bertz CT molecular complexity index is 1360. The first kappa shape index (κ1) is 17.3. The zero-order chi connectivity index (χ0) is 19.8. The predicted molar refractivity (Wildman–Crippen MR) is 110 cm³/mol. The monoisotopic (exact) mass is 402 g/mol. The number of methoxy groups -OCH3 is 1. The lowest BCUT2D eigenvalue weighted by Crippen LogP contribution is -2.19. The number of aromatic nitrogens is 6. The van der Waals surface area contributed by atoms with Crippen LogP contribution in [-0.2, 0) is 0 Å². The average Bonchev–Trinajstić information content (AvgIpc) is 3.44. The van der Waals surface area contributed by atoms with Crippen molar-refractivity contribution < 1.29 is 4.74 Å². The maximum atomic E-state index is 13.6. The number of tetrazole rings is 1. The Labute approximate surface area is 168 Å². The number of aromatic amines is 1. The summed E-state index contributed by atoms with van der Waals surface area (Å²) in [6.07, 6.45) is 0. The molecule has 0 saturated heterocycles. The van der Waals surface area contributed by atoms with Crippen molar-refractivity contribution in [2.45, 2.75) is 0 Å². The van der Waals surface area contributed by atoms with Crippen LogP contribution in [0.25, 0.3) is 38.9 Å². The molecule has 3 heterocycles. The first-order chi connectivity index (χ1) is 14.3. The number of ether oxygens (including phenoxy) is 1. The molecule has 1 N–H and O–H groups in total. The van der Waals surface area contributed by atoms with Gasteiger partial charge in [0.2, 0.25) is 5.82 Å². The first-order valence-corrected chi connectivity index (χ1v) is 9.62. The summed E-state index contributed by atoms with van der Waals surface area (Å²) >= 11 is 1.40. The number of hydrogen-bond acceptors (Lipinski definition) is 7. The molecule has 0 fully saturated rings. The van der Waals surface area contributed by atoms with E-state index in [-0.39, 0.29) is 16.9 Å². The SMILES string of the molecule is COc1cccc(-c2nc3scc(-c4ccccc4)n3c(=O)c2-c2nn[nH]n2)c1. The quantitative estimate of drug-likeness (QED) is 0.495. The number of H-pyrrole nitrogens is 1. The van der Waals surface area contributed by atoms with Crippen molar-refractivity contribution in [2.75, 3.05) is 7.11 Å². The highest BCUT2D eigenvalue weighted by Gasteiger charge is 2.22. The van der Waals surface area contributed by atoms with E-state index in [1.807, 2.05) is 60.0 Å².